The lowest BCUT2D eigenvalue weighted by atomic mass is 9.53. The molecule has 0 aliphatic heterocycles. The molecule has 3 rings (SSSR count). The fraction of sp³-hybridized carbons (Fsp3) is 1.00. The normalized spacial score (nSPS) is 52.4. The molecule has 3 aliphatic rings. The smallest absolute Gasteiger partial charge is 0.0574 e. The third kappa shape index (κ3) is 2.57. The second-order valence-electron chi connectivity index (χ2n) is 8.95. The molecule has 0 radical (unpaired) electrons. The molecular formula is C19H34O2. The summed E-state index contributed by atoms with van der Waals surface area (Å²) in [7, 11) is 0. The first-order valence-electron chi connectivity index (χ1n) is 9.23. The molecule has 0 aromatic carbocycles. The van der Waals surface area contributed by atoms with E-state index in [2.05, 4.69) is 13.8 Å². The van der Waals surface area contributed by atoms with Crippen molar-refractivity contribution in [3.05, 3.63) is 0 Å². The van der Waals surface area contributed by atoms with Gasteiger partial charge in [0.2, 0.25) is 0 Å². The van der Waals surface area contributed by atoms with Gasteiger partial charge in [-0.25, -0.2) is 0 Å². The fourth-order valence-electron chi connectivity index (χ4n) is 6.13. The Morgan fingerprint density at radius 3 is 2.52 bits per heavy atom. The van der Waals surface area contributed by atoms with Gasteiger partial charge in [-0.1, -0.05) is 33.1 Å². The Bertz CT molecular complexity index is 380. The predicted octanol–water partition coefficient (Wildman–Crippen LogP) is 4.14. The average Bonchev–Trinajstić information content (AvgIpc) is 2.82. The van der Waals surface area contributed by atoms with Crippen molar-refractivity contribution < 1.29 is 10.2 Å². The van der Waals surface area contributed by atoms with Crippen molar-refractivity contribution in [1.82, 2.24) is 0 Å². The lowest BCUT2D eigenvalue weighted by Gasteiger charge is -2.53. The van der Waals surface area contributed by atoms with Crippen LogP contribution in [0.2, 0.25) is 0 Å². The minimum Gasteiger partial charge on any atom is -0.393 e. The molecule has 0 aromatic rings. The molecule has 0 amide bonds. The van der Waals surface area contributed by atoms with Crippen molar-refractivity contribution in [2.75, 3.05) is 0 Å². The summed E-state index contributed by atoms with van der Waals surface area (Å²) in [5, 5.41) is 21.1. The first-order chi connectivity index (χ1) is 9.87. The van der Waals surface area contributed by atoms with E-state index < -0.39 is 0 Å². The van der Waals surface area contributed by atoms with Crippen molar-refractivity contribution in [2.45, 2.75) is 90.8 Å². The highest BCUT2D eigenvalue weighted by Gasteiger charge is 2.53. The number of aliphatic hydroxyl groups is 2. The third-order valence-electron chi connectivity index (χ3n) is 7.81. The molecule has 7 unspecified atom stereocenters. The molecule has 122 valence electrons. The lowest BCUT2D eigenvalue weighted by Crippen LogP contribution is -2.49. The van der Waals surface area contributed by atoms with Crippen LogP contribution in [-0.2, 0) is 0 Å². The maximum absolute atomic E-state index is 10.8. The molecule has 0 aromatic heterocycles. The van der Waals surface area contributed by atoms with E-state index in [0.29, 0.717) is 17.3 Å². The molecule has 0 saturated heterocycles. The third-order valence-corrected chi connectivity index (χ3v) is 7.81. The maximum atomic E-state index is 10.8. The van der Waals surface area contributed by atoms with Crippen molar-refractivity contribution in [3.63, 3.8) is 0 Å². The van der Waals surface area contributed by atoms with Gasteiger partial charge in [-0.15, -0.1) is 0 Å². The zero-order valence-electron chi connectivity index (χ0n) is 14.1. The predicted molar refractivity (Wildman–Crippen MR) is 85.9 cm³/mol. The SMILES string of the molecule is CC(O)C1(C)CCCC1C1CC2(C)CCCCC2CC1O. The molecule has 3 fully saturated rings. The van der Waals surface area contributed by atoms with Crippen LogP contribution in [0.4, 0.5) is 0 Å². The minimum absolute atomic E-state index is 0.0174. The van der Waals surface area contributed by atoms with Gasteiger partial charge < -0.3 is 10.2 Å². The van der Waals surface area contributed by atoms with Gasteiger partial charge in [-0.05, 0) is 74.0 Å². The van der Waals surface area contributed by atoms with Gasteiger partial charge >= 0.3 is 0 Å². The highest BCUT2D eigenvalue weighted by Crippen LogP contribution is 2.58. The van der Waals surface area contributed by atoms with Gasteiger partial charge in [0.25, 0.3) is 0 Å². The summed E-state index contributed by atoms with van der Waals surface area (Å²) in [6, 6.07) is 0. The van der Waals surface area contributed by atoms with Crippen LogP contribution in [0.1, 0.15) is 78.6 Å². The Morgan fingerprint density at radius 2 is 1.81 bits per heavy atom. The van der Waals surface area contributed by atoms with E-state index in [1.807, 2.05) is 6.92 Å². The van der Waals surface area contributed by atoms with Gasteiger partial charge in [0, 0.05) is 0 Å². The lowest BCUT2D eigenvalue weighted by molar-refractivity contribution is -0.100. The molecule has 3 aliphatic carbocycles. The summed E-state index contributed by atoms with van der Waals surface area (Å²) in [6.07, 6.45) is 10.7. The van der Waals surface area contributed by atoms with E-state index in [4.69, 9.17) is 0 Å². The highest BCUT2D eigenvalue weighted by molar-refractivity contribution is 5.03. The Balaban J connectivity index is 1.81. The number of fused-ring (bicyclic) bond motifs is 1. The first kappa shape index (κ1) is 15.8. The van der Waals surface area contributed by atoms with Crippen LogP contribution in [0.25, 0.3) is 0 Å². The quantitative estimate of drug-likeness (QED) is 0.803. The topological polar surface area (TPSA) is 40.5 Å². The average molecular weight is 294 g/mol. The number of hydrogen-bond donors (Lipinski definition) is 2. The van der Waals surface area contributed by atoms with E-state index >= 15 is 0 Å². The Hall–Kier alpha value is -0.0800. The monoisotopic (exact) mass is 294 g/mol. The summed E-state index contributed by atoms with van der Waals surface area (Å²) >= 11 is 0. The van der Waals surface area contributed by atoms with Gasteiger partial charge in [0.15, 0.2) is 0 Å². The molecule has 7 atom stereocenters. The van der Waals surface area contributed by atoms with Gasteiger partial charge in [-0.3, -0.25) is 0 Å². The molecule has 3 saturated carbocycles. The second kappa shape index (κ2) is 5.53. The summed E-state index contributed by atoms with van der Waals surface area (Å²) in [4.78, 5) is 0. The molecule has 0 heterocycles. The van der Waals surface area contributed by atoms with Crippen LogP contribution in [0, 0.1) is 28.6 Å². The molecule has 0 spiro atoms. The molecular weight excluding hydrogens is 260 g/mol. The summed E-state index contributed by atoms with van der Waals surface area (Å²) in [5.74, 6) is 1.65. The van der Waals surface area contributed by atoms with E-state index in [0.717, 1.165) is 18.8 Å². The summed E-state index contributed by atoms with van der Waals surface area (Å²) < 4.78 is 0. The molecule has 0 bridgehead atoms. The van der Waals surface area contributed by atoms with Crippen LogP contribution >= 0.6 is 0 Å². The Kier molecular flexibility index (Phi) is 4.16. The van der Waals surface area contributed by atoms with E-state index in [1.165, 1.54) is 44.9 Å². The van der Waals surface area contributed by atoms with Crippen LogP contribution in [0.3, 0.4) is 0 Å². The number of hydrogen-bond acceptors (Lipinski definition) is 2. The molecule has 2 heteroatoms. The fourth-order valence-corrected chi connectivity index (χ4v) is 6.13. The maximum Gasteiger partial charge on any atom is 0.0574 e. The van der Waals surface area contributed by atoms with Gasteiger partial charge in [0.1, 0.15) is 0 Å². The Labute approximate surface area is 130 Å². The van der Waals surface area contributed by atoms with Gasteiger partial charge in [-0.2, -0.15) is 0 Å². The molecule has 21 heavy (non-hydrogen) atoms. The minimum atomic E-state index is -0.255. The van der Waals surface area contributed by atoms with E-state index in [9.17, 15) is 10.2 Å². The number of aliphatic hydroxyl groups excluding tert-OH is 2. The first-order valence-corrected chi connectivity index (χ1v) is 9.23. The van der Waals surface area contributed by atoms with E-state index in [1.54, 1.807) is 0 Å². The molecule has 2 nitrogen and oxygen atoms in total. The van der Waals surface area contributed by atoms with Crippen LogP contribution in [0.5, 0.6) is 0 Å². The summed E-state index contributed by atoms with van der Waals surface area (Å²) in [5.41, 5.74) is 0.466. The van der Waals surface area contributed by atoms with Crippen LogP contribution in [-0.4, -0.2) is 22.4 Å². The van der Waals surface area contributed by atoms with Crippen molar-refractivity contribution in [1.29, 1.82) is 0 Å². The number of rotatable bonds is 2. The van der Waals surface area contributed by atoms with Crippen molar-refractivity contribution in [2.24, 2.45) is 28.6 Å². The van der Waals surface area contributed by atoms with E-state index in [-0.39, 0.29) is 17.6 Å². The van der Waals surface area contributed by atoms with Crippen molar-refractivity contribution in [3.8, 4) is 0 Å². The zero-order valence-corrected chi connectivity index (χ0v) is 14.1. The van der Waals surface area contributed by atoms with Crippen LogP contribution < -0.4 is 0 Å². The molecule has 2 N–H and O–H groups in total. The Morgan fingerprint density at radius 1 is 1.05 bits per heavy atom. The highest BCUT2D eigenvalue weighted by atomic mass is 16.3. The second-order valence-corrected chi connectivity index (χ2v) is 8.95. The zero-order chi connectivity index (χ0) is 15.3. The summed E-state index contributed by atoms with van der Waals surface area (Å²) in [6.45, 7) is 6.69. The van der Waals surface area contributed by atoms with Gasteiger partial charge in [0.05, 0.1) is 12.2 Å². The van der Waals surface area contributed by atoms with Crippen LogP contribution in [0.15, 0.2) is 0 Å². The largest absolute Gasteiger partial charge is 0.393 e. The standard InChI is InChI=1S/C19H34O2/c1-13(20)19(3)10-6-8-16(19)15-12-18(2)9-5-4-7-14(18)11-17(15)21/h13-17,20-21H,4-12H2,1-3H3. The van der Waals surface area contributed by atoms with Crippen molar-refractivity contribution >= 4 is 0 Å².